The van der Waals surface area contributed by atoms with Crippen LogP contribution in [0.5, 0.6) is 5.75 Å². The van der Waals surface area contributed by atoms with Gasteiger partial charge in [-0.3, -0.25) is 4.79 Å². The van der Waals surface area contributed by atoms with Crippen molar-refractivity contribution in [2.45, 2.75) is 25.2 Å². The molecule has 0 bridgehead atoms. The summed E-state index contributed by atoms with van der Waals surface area (Å²) in [5.74, 6) is 1.25. The Morgan fingerprint density at radius 2 is 2.21 bits per heavy atom. The molecule has 3 aromatic rings. The minimum atomic E-state index is -0.142. The summed E-state index contributed by atoms with van der Waals surface area (Å²) in [6, 6.07) is 5.90. The Morgan fingerprint density at radius 1 is 1.32 bits per heavy atom. The summed E-state index contributed by atoms with van der Waals surface area (Å²) in [5, 5.41) is 3.76. The Morgan fingerprint density at radius 3 is 3.00 bits per heavy atom. The number of amides is 1. The molecule has 1 spiro atoms. The van der Waals surface area contributed by atoms with Crippen molar-refractivity contribution in [3.05, 3.63) is 36.3 Å². The number of aromatic nitrogens is 3. The van der Waals surface area contributed by atoms with Crippen LogP contribution in [0.25, 0.3) is 22.2 Å². The van der Waals surface area contributed by atoms with Crippen LogP contribution >= 0.6 is 0 Å². The largest absolute Gasteiger partial charge is 0.491 e. The van der Waals surface area contributed by atoms with Gasteiger partial charge in [-0.25, -0.2) is 9.97 Å². The number of nitrogens with one attached hydrogen (secondary N) is 1. The van der Waals surface area contributed by atoms with Crippen molar-refractivity contribution in [2.24, 2.45) is 7.05 Å². The highest BCUT2D eigenvalue weighted by atomic mass is 16.5. The molecule has 1 saturated heterocycles. The zero-order chi connectivity index (χ0) is 19.3. The van der Waals surface area contributed by atoms with Gasteiger partial charge in [0, 0.05) is 37.7 Å². The lowest BCUT2D eigenvalue weighted by molar-refractivity contribution is -0.114. The minimum Gasteiger partial charge on any atom is -0.491 e. The Balaban J connectivity index is 1.63. The molecule has 144 valence electrons. The first-order valence-electron chi connectivity index (χ1n) is 9.51. The molecule has 28 heavy (non-hydrogen) atoms. The Hall–Kier alpha value is -2.93. The van der Waals surface area contributed by atoms with Crippen LogP contribution in [0.1, 0.15) is 25.5 Å². The predicted molar refractivity (Wildman–Crippen MR) is 105 cm³/mol. The van der Waals surface area contributed by atoms with E-state index in [2.05, 4.69) is 16.5 Å². The molecule has 0 aromatic carbocycles. The van der Waals surface area contributed by atoms with Gasteiger partial charge in [-0.05, 0) is 31.0 Å². The summed E-state index contributed by atoms with van der Waals surface area (Å²) < 4.78 is 13.7. The number of fused-ring (bicyclic) bond motifs is 3. The molecule has 0 radical (unpaired) electrons. The van der Waals surface area contributed by atoms with Gasteiger partial charge in [-0.15, -0.1) is 0 Å². The van der Waals surface area contributed by atoms with E-state index >= 15 is 0 Å². The normalized spacial score (nSPS) is 20.9. The molecule has 7 nitrogen and oxygen atoms in total. The van der Waals surface area contributed by atoms with E-state index in [-0.39, 0.29) is 11.3 Å². The first-order valence-corrected chi connectivity index (χ1v) is 9.51. The molecular formula is C21H22N4O3. The molecule has 5 rings (SSSR count). The summed E-state index contributed by atoms with van der Waals surface area (Å²) >= 11 is 0. The lowest BCUT2D eigenvalue weighted by atomic mass is 9.81. The van der Waals surface area contributed by atoms with Crippen LogP contribution in [-0.4, -0.2) is 40.3 Å². The second kappa shape index (κ2) is 6.31. The number of carbonyl (C=O) groups is 1. The summed E-state index contributed by atoms with van der Waals surface area (Å²) in [6.07, 6.45) is 5.88. The Kier molecular flexibility index (Phi) is 3.87. The molecule has 2 aliphatic rings. The molecule has 1 N–H and O–H groups in total. The fourth-order valence-electron chi connectivity index (χ4n) is 4.26. The van der Waals surface area contributed by atoms with Gasteiger partial charge in [0.25, 0.3) is 0 Å². The van der Waals surface area contributed by atoms with Gasteiger partial charge >= 0.3 is 0 Å². The first-order chi connectivity index (χ1) is 13.6. The van der Waals surface area contributed by atoms with Gasteiger partial charge in [0.1, 0.15) is 18.2 Å². The average molecular weight is 378 g/mol. The third-order valence-corrected chi connectivity index (χ3v) is 5.64. The number of anilines is 1. The number of ether oxygens (including phenoxy) is 2. The molecule has 3 aromatic heterocycles. The van der Waals surface area contributed by atoms with Crippen molar-refractivity contribution >= 4 is 22.6 Å². The molecule has 2 aliphatic heterocycles. The fraction of sp³-hybridized carbons (Fsp3) is 0.381. The summed E-state index contributed by atoms with van der Waals surface area (Å²) in [7, 11) is 1.98. The molecule has 1 fully saturated rings. The lowest BCUT2D eigenvalue weighted by Gasteiger charge is -2.31. The molecule has 1 atom stereocenters. The van der Waals surface area contributed by atoms with E-state index in [1.807, 2.05) is 29.8 Å². The van der Waals surface area contributed by atoms with E-state index < -0.39 is 0 Å². The van der Waals surface area contributed by atoms with Crippen LogP contribution in [-0.2, 0) is 22.0 Å². The number of rotatable bonds is 2. The predicted octanol–water partition coefficient (Wildman–Crippen LogP) is 3.03. The topological polar surface area (TPSA) is 78.3 Å². The maximum absolute atomic E-state index is 11.4. The van der Waals surface area contributed by atoms with Gasteiger partial charge in [-0.2, -0.15) is 0 Å². The third kappa shape index (κ3) is 2.65. The van der Waals surface area contributed by atoms with Crippen LogP contribution in [0.2, 0.25) is 0 Å². The molecule has 5 heterocycles. The second-order valence-electron chi connectivity index (χ2n) is 7.69. The van der Waals surface area contributed by atoms with E-state index in [1.165, 1.54) is 6.92 Å². The van der Waals surface area contributed by atoms with Crippen LogP contribution < -0.4 is 10.1 Å². The Bertz CT molecular complexity index is 1080. The van der Waals surface area contributed by atoms with E-state index in [1.54, 1.807) is 6.20 Å². The third-order valence-electron chi connectivity index (χ3n) is 5.64. The van der Waals surface area contributed by atoms with Crippen molar-refractivity contribution < 1.29 is 14.3 Å². The molecule has 1 unspecified atom stereocenters. The zero-order valence-electron chi connectivity index (χ0n) is 16.0. The highest BCUT2D eigenvalue weighted by Gasteiger charge is 2.44. The van der Waals surface area contributed by atoms with Crippen molar-refractivity contribution in [1.29, 1.82) is 0 Å². The van der Waals surface area contributed by atoms with Crippen molar-refractivity contribution in [3.8, 4) is 17.0 Å². The van der Waals surface area contributed by atoms with Crippen LogP contribution in [0.4, 0.5) is 5.82 Å². The molecular weight excluding hydrogens is 356 g/mol. The smallest absolute Gasteiger partial charge is 0.222 e. The Labute approximate surface area is 162 Å². The van der Waals surface area contributed by atoms with E-state index in [0.717, 1.165) is 53.1 Å². The first kappa shape index (κ1) is 17.2. The number of hydrogen-bond donors (Lipinski definition) is 1. The van der Waals surface area contributed by atoms with E-state index in [9.17, 15) is 4.79 Å². The van der Waals surface area contributed by atoms with Gasteiger partial charge in [0.15, 0.2) is 0 Å². The van der Waals surface area contributed by atoms with Crippen LogP contribution in [0, 0.1) is 0 Å². The van der Waals surface area contributed by atoms with E-state index in [0.29, 0.717) is 19.0 Å². The maximum Gasteiger partial charge on any atom is 0.222 e. The molecule has 0 saturated carbocycles. The number of pyridine rings is 2. The number of nitrogens with zero attached hydrogens (tertiary/aromatic N) is 3. The highest BCUT2D eigenvalue weighted by molar-refractivity contribution is 5.98. The van der Waals surface area contributed by atoms with Crippen LogP contribution in [0.3, 0.4) is 0 Å². The van der Waals surface area contributed by atoms with Crippen molar-refractivity contribution in [3.63, 3.8) is 0 Å². The highest BCUT2D eigenvalue weighted by Crippen LogP contribution is 2.44. The quantitative estimate of drug-likeness (QED) is 0.742. The van der Waals surface area contributed by atoms with Crippen molar-refractivity contribution in [2.75, 3.05) is 25.1 Å². The summed E-state index contributed by atoms with van der Waals surface area (Å²) in [6.45, 7) is 3.57. The van der Waals surface area contributed by atoms with Crippen molar-refractivity contribution in [1.82, 2.24) is 14.5 Å². The van der Waals surface area contributed by atoms with Gasteiger partial charge < -0.3 is 19.4 Å². The standard InChI is InChI=1S/C21H22N4O3/c1-13(26)23-19-8-14-15(10-25(2)17(14)9-22-19)16-4-5-18-20(24-16)21(12-28-18)6-3-7-27-11-21/h4-5,8-10H,3,6-7,11-12H2,1-2H3,(H,22,23,26). The van der Waals surface area contributed by atoms with Gasteiger partial charge in [0.2, 0.25) is 5.91 Å². The monoisotopic (exact) mass is 378 g/mol. The number of aryl methyl sites for hydroxylation is 1. The summed E-state index contributed by atoms with van der Waals surface area (Å²) in [5.41, 5.74) is 3.74. The van der Waals surface area contributed by atoms with Gasteiger partial charge in [-0.1, -0.05) is 0 Å². The molecule has 7 heteroatoms. The van der Waals surface area contributed by atoms with Crippen LogP contribution in [0.15, 0.2) is 30.6 Å². The zero-order valence-corrected chi connectivity index (χ0v) is 16.0. The SMILES string of the molecule is CC(=O)Nc1cc2c(-c3ccc4c(n3)C3(CCCOC3)CO4)cn(C)c2cn1. The number of carbonyl (C=O) groups excluding carboxylic acids is 1. The molecule has 1 amide bonds. The molecule has 0 aliphatic carbocycles. The fourth-order valence-corrected chi connectivity index (χ4v) is 4.26. The minimum absolute atomic E-state index is 0.142. The average Bonchev–Trinajstić information content (AvgIpc) is 3.20. The van der Waals surface area contributed by atoms with E-state index in [4.69, 9.17) is 14.5 Å². The number of hydrogen-bond acceptors (Lipinski definition) is 5. The van der Waals surface area contributed by atoms with Gasteiger partial charge in [0.05, 0.1) is 35.1 Å². The lowest BCUT2D eigenvalue weighted by Crippen LogP contribution is -2.38. The maximum atomic E-state index is 11.4. The second-order valence-corrected chi connectivity index (χ2v) is 7.69. The summed E-state index contributed by atoms with van der Waals surface area (Å²) in [4.78, 5) is 20.8.